The van der Waals surface area contributed by atoms with Gasteiger partial charge in [-0.25, -0.2) is 4.39 Å². The summed E-state index contributed by atoms with van der Waals surface area (Å²) in [7, 11) is 0. The number of hydrogen-bond acceptors (Lipinski definition) is 5. The first-order valence-corrected chi connectivity index (χ1v) is 13.5. The van der Waals surface area contributed by atoms with Gasteiger partial charge in [0.05, 0.1) is 12.1 Å². The average molecular weight is 569 g/mol. The maximum atomic E-state index is 14.5. The van der Waals surface area contributed by atoms with Crippen LogP contribution in [0.25, 0.3) is 11.1 Å². The van der Waals surface area contributed by atoms with Crippen LogP contribution in [0.2, 0.25) is 0 Å². The first-order chi connectivity index (χ1) is 19.3. The summed E-state index contributed by atoms with van der Waals surface area (Å²) in [5.74, 6) is -0.123. The van der Waals surface area contributed by atoms with Crippen LogP contribution in [0.15, 0.2) is 53.5 Å². The van der Waals surface area contributed by atoms with Crippen LogP contribution < -0.4 is 15.5 Å². The number of benzene rings is 2. The number of aliphatic imine (C=N–C) groups is 1. The van der Waals surface area contributed by atoms with Crippen LogP contribution in [0.4, 0.5) is 23.2 Å². The second-order valence-electron chi connectivity index (χ2n) is 11.2. The molecule has 2 aliphatic rings. The Kier molecular flexibility index (Phi) is 8.69. The highest BCUT2D eigenvalue weighted by molar-refractivity contribution is 5.99. The highest BCUT2D eigenvalue weighted by Crippen LogP contribution is 2.37. The molecule has 0 radical (unpaired) electrons. The minimum atomic E-state index is -4.77. The second-order valence-corrected chi connectivity index (χ2v) is 11.2. The maximum Gasteiger partial charge on any atom is 0.407 e. The number of piperidine rings is 1. The van der Waals surface area contributed by atoms with Crippen molar-refractivity contribution >= 4 is 17.4 Å². The number of rotatable bonds is 9. The number of carbonyl (C=O) groups is 1. The van der Waals surface area contributed by atoms with Gasteiger partial charge in [0, 0.05) is 25.1 Å². The molecule has 1 aliphatic carbocycles. The number of amidine groups is 1. The van der Waals surface area contributed by atoms with E-state index in [1.54, 1.807) is 12.1 Å². The lowest BCUT2D eigenvalue weighted by molar-refractivity contribution is -0.161. The standard InChI is InChI=1S/C30H32F4N6O/c1-28(2,31)17-24(27(41)39-29(18-35)14-15-29)38-26(30(32,33)34)22-8-6-20(7-9-22)21-10-12-23(13-11-21)40-16-4-3-5-25(40)37-19-36/h6-13,24,26,38H,3-5,14-17H2,1-2H3,(H,39,41)/t24-,26-/m0/s1. The van der Waals surface area contributed by atoms with Gasteiger partial charge in [0.1, 0.15) is 23.1 Å². The molecular weight excluding hydrogens is 536 g/mol. The summed E-state index contributed by atoms with van der Waals surface area (Å²) in [6.07, 6.45) is 0.0389. The molecule has 216 valence electrons. The van der Waals surface area contributed by atoms with E-state index in [1.165, 1.54) is 26.0 Å². The number of nitrogens with one attached hydrogen (secondary N) is 2. The Bertz CT molecular complexity index is 1350. The molecule has 0 bridgehead atoms. The van der Waals surface area contributed by atoms with Crippen LogP contribution in [-0.4, -0.2) is 41.7 Å². The van der Waals surface area contributed by atoms with Crippen LogP contribution in [0.5, 0.6) is 0 Å². The topological polar surface area (TPSA) is 104 Å². The van der Waals surface area contributed by atoms with Gasteiger partial charge in [0.15, 0.2) is 0 Å². The number of nitriles is 2. The van der Waals surface area contributed by atoms with Gasteiger partial charge >= 0.3 is 6.18 Å². The molecule has 0 aromatic heterocycles. The summed E-state index contributed by atoms with van der Waals surface area (Å²) >= 11 is 0. The van der Waals surface area contributed by atoms with Gasteiger partial charge in [-0.05, 0) is 68.4 Å². The molecule has 2 fully saturated rings. The SMILES string of the molecule is CC(C)(F)C[C@H](N[C@@H](c1ccc(-c2ccc(N3CCCCC3=NC#N)cc2)cc1)C(F)(F)F)C(=O)NC1(C#N)CC1. The van der Waals surface area contributed by atoms with Crippen LogP contribution in [0.3, 0.4) is 0 Å². The lowest BCUT2D eigenvalue weighted by Gasteiger charge is -2.30. The number of nitrogens with zero attached hydrogens (tertiary/aromatic N) is 4. The van der Waals surface area contributed by atoms with Crippen molar-refractivity contribution in [2.45, 2.75) is 81.8 Å². The van der Waals surface area contributed by atoms with Crippen molar-refractivity contribution in [3.63, 3.8) is 0 Å². The average Bonchev–Trinajstić information content (AvgIpc) is 3.70. The van der Waals surface area contributed by atoms with Crippen LogP contribution in [0, 0.1) is 22.8 Å². The summed E-state index contributed by atoms with van der Waals surface area (Å²) in [4.78, 5) is 18.8. The molecule has 1 saturated carbocycles. The van der Waals surface area contributed by atoms with Crippen molar-refractivity contribution in [2.75, 3.05) is 11.4 Å². The molecule has 1 heterocycles. The molecule has 1 aliphatic heterocycles. The molecular formula is C30H32F4N6O. The fraction of sp³-hybridized carbons (Fsp3) is 0.467. The van der Waals surface area contributed by atoms with Gasteiger partial charge < -0.3 is 10.2 Å². The molecule has 2 aromatic rings. The van der Waals surface area contributed by atoms with E-state index in [0.717, 1.165) is 37.1 Å². The Hall–Kier alpha value is -3.96. The third kappa shape index (κ3) is 7.62. The number of hydrogen-bond donors (Lipinski definition) is 2. The first kappa shape index (κ1) is 30.0. The predicted molar refractivity (Wildman–Crippen MR) is 147 cm³/mol. The quantitative estimate of drug-likeness (QED) is 0.281. The number of amides is 1. The highest BCUT2D eigenvalue weighted by atomic mass is 19.4. The Balaban J connectivity index is 1.54. The van der Waals surface area contributed by atoms with Crippen molar-refractivity contribution < 1.29 is 22.4 Å². The Morgan fingerprint density at radius 1 is 1.02 bits per heavy atom. The molecule has 2 aromatic carbocycles. The molecule has 11 heteroatoms. The Morgan fingerprint density at radius 2 is 1.63 bits per heavy atom. The first-order valence-electron chi connectivity index (χ1n) is 13.5. The molecule has 0 spiro atoms. The van der Waals surface area contributed by atoms with Gasteiger partial charge in [-0.2, -0.15) is 28.7 Å². The second kappa shape index (κ2) is 11.9. The predicted octanol–water partition coefficient (Wildman–Crippen LogP) is 6.10. The summed E-state index contributed by atoms with van der Waals surface area (Å²) < 4.78 is 57.2. The normalized spacial score (nSPS) is 19.1. The van der Waals surface area contributed by atoms with E-state index in [0.29, 0.717) is 24.2 Å². The van der Waals surface area contributed by atoms with Gasteiger partial charge in [-0.1, -0.05) is 36.4 Å². The molecule has 41 heavy (non-hydrogen) atoms. The summed E-state index contributed by atoms with van der Waals surface area (Å²) in [6.45, 7) is 3.13. The third-order valence-electron chi connectivity index (χ3n) is 7.31. The smallest absolute Gasteiger partial charge is 0.336 e. The van der Waals surface area contributed by atoms with Crippen LogP contribution >= 0.6 is 0 Å². The lowest BCUT2D eigenvalue weighted by Crippen LogP contribution is -2.53. The number of alkyl halides is 4. The van der Waals surface area contributed by atoms with Gasteiger partial charge in [0.25, 0.3) is 0 Å². The van der Waals surface area contributed by atoms with E-state index in [9.17, 15) is 27.6 Å². The van der Waals surface area contributed by atoms with E-state index >= 15 is 0 Å². The van der Waals surface area contributed by atoms with E-state index in [-0.39, 0.29) is 5.56 Å². The molecule has 2 atom stereocenters. The van der Waals surface area contributed by atoms with E-state index < -0.39 is 41.8 Å². The molecule has 0 unspecified atom stereocenters. The summed E-state index contributed by atoms with van der Waals surface area (Å²) in [5, 5.41) is 23.1. The number of halogens is 4. The van der Waals surface area contributed by atoms with Crippen molar-refractivity contribution in [2.24, 2.45) is 4.99 Å². The van der Waals surface area contributed by atoms with Gasteiger partial charge in [0.2, 0.25) is 12.1 Å². The monoisotopic (exact) mass is 568 g/mol. The molecule has 1 amide bonds. The largest absolute Gasteiger partial charge is 0.407 e. The lowest BCUT2D eigenvalue weighted by atomic mass is 9.96. The van der Waals surface area contributed by atoms with Gasteiger partial charge in [-0.3, -0.25) is 10.1 Å². The van der Waals surface area contributed by atoms with Crippen molar-refractivity contribution in [3.8, 4) is 23.4 Å². The van der Waals surface area contributed by atoms with Crippen LogP contribution in [-0.2, 0) is 4.79 Å². The highest BCUT2D eigenvalue weighted by Gasteiger charge is 2.48. The third-order valence-corrected chi connectivity index (χ3v) is 7.31. The molecule has 4 rings (SSSR count). The van der Waals surface area contributed by atoms with Gasteiger partial charge in [-0.15, -0.1) is 0 Å². The van der Waals surface area contributed by atoms with Crippen molar-refractivity contribution in [3.05, 3.63) is 54.1 Å². The van der Waals surface area contributed by atoms with E-state index in [2.05, 4.69) is 15.6 Å². The minimum absolute atomic E-state index is 0.126. The zero-order valence-corrected chi connectivity index (χ0v) is 22.9. The fourth-order valence-corrected chi connectivity index (χ4v) is 4.98. The molecule has 7 nitrogen and oxygen atoms in total. The summed E-state index contributed by atoms with van der Waals surface area (Å²) in [6, 6.07) is 11.5. The minimum Gasteiger partial charge on any atom is -0.336 e. The molecule has 2 N–H and O–H groups in total. The summed E-state index contributed by atoms with van der Waals surface area (Å²) in [5.41, 5.74) is -0.797. The zero-order chi connectivity index (χ0) is 29.8. The maximum absolute atomic E-state index is 14.5. The van der Waals surface area contributed by atoms with Crippen molar-refractivity contribution in [1.82, 2.24) is 10.6 Å². The molecule has 1 saturated heterocycles. The van der Waals surface area contributed by atoms with E-state index in [1.807, 2.05) is 41.4 Å². The fourth-order valence-electron chi connectivity index (χ4n) is 4.98. The van der Waals surface area contributed by atoms with Crippen LogP contribution in [0.1, 0.15) is 64.0 Å². The van der Waals surface area contributed by atoms with Crippen molar-refractivity contribution in [1.29, 1.82) is 10.5 Å². The number of carbonyl (C=O) groups excluding carboxylic acids is 1. The number of anilines is 1. The Labute approximate surface area is 236 Å². The Morgan fingerprint density at radius 3 is 2.15 bits per heavy atom. The zero-order valence-electron chi connectivity index (χ0n) is 22.9. The van der Waals surface area contributed by atoms with E-state index in [4.69, 9.17) is 5.26 Å².